The molecule has 2 N–H and O–H groups in total. The van der Waals surface area contributed by atoms with Gasteiger partial charge in [0.15, 0.2) is 0 Å². The Morgan fingerprint density at radius 3 is 2.62 bits per heavy atom. The minimum Gasteiger partial charge on any atom is -0.324 e. The average Bonchev–Trinajstić information content (AvgIpc) is 2.50. The molecule has 0 saturated carbocycles. The number of rotatable bonds is 5. The Hall–Kier alpha value is -1.39. The third kappa shape index (κ3) is 3.83. The van der Waals surface area contributed by atoms with Crippen LogP contribution in [0.25, 0.3) is 0 Å². The lowest BCUT2D eigenvalue weighted by Crippen LogP contribution is -2.58. The van der Waals surface area contributed by atoms with Gasteiger partial charge in [-0.1, -0.05) is 31.5 Å². The molecule has 1 aliphatic heterocycles. The maximum Gasteiger partial charge on any atom is 0.244 e. The predicted octanol–water partition coefficient (Wildman–Crippen LogP) is 2.26. The van der Waals surface area contributed by atoms with Crippen molar-refractivity contribution in [3.05, 3.63) is 29.8 Å². The first-order chi connectivity index (χ1) is 10.1. The maximum atomic E-state index is 12.7. The molecule has 21 heavy (non-hydrogen) atoms. The van der Waals surface area contributed by atoms with Gasteiger partial charge in [0.2, 0.25) is 5.91 Å². The van der Waals surface area contributed by atoms with E-state index in [9.17, 15) is 4.79 Å². The molecular formula is C17H27N3O. The van der Waals surface area contributed by atoms with Crippen LogP contribution in [0, 0.1) is 0 Å². The molecule has 116 valence electrons. The SMILES string of the molecule is CCCc1ccccc1NC(=O)C(C)(C)N1CCNCC1. The van der Waals surface area contributed by atoms with Gasteiger partial charge in [-0.25, -0.2) is 0 Å². The molecule has 1 saturated heterocycles. The minimum atomic E-state index is -0.485. The Morgan fingerprint density at radius 2 is 1.95 bits per heavy atom. The van der Waals surface area contributed by atoms with E-state index in [0.717, 1.165) is 44.7 Å². The molecule has 0 unspecified atom stereocenters. The molecule has 1 fully saturated rings. The zero-order valence-corrected chi connectivity index (χ0v) is 13.4. The van der Waals surface area contributed by atoms with Gasteiger partial charge in [-0.2, -0.15) is 0 Å². The topological polar surface area (TPSA) is 44.4 Å². The molecule has 1 heterocycles. The van der Waals surface area contributed by atoms with E-state index >= 15 is 0 Å². The quantitative estimate of drug-likeness (QED) is 0.874. The molecule has 0 aromatic heterocycles. The Morgan fingerprint density at radius 1 is 1.29 bits per heavy atom. The standard InChI is InChI=1S/C17H27N3O/c1-4-7-14-8-5-6-9-15(14)19-16(21)17(2,3)20-12-10-18-11-13-20/h5-6,8-9,18H,4,7,10-13H2,1-3H3,(H,19,21). The summed E-state index contributed by atoms with van der Waals surface area (Å²) in [4.78, 5) is 15.0. The third-order valence-corrected chi connectivity index (χ3v) is 4.25. The van der Waals surface area contributed by atoms with Crippen molar-refractivity contribution in [2.24, 2.45) is 0 Å². The van der Waals surface area contributed by atoms with Crippen LogP contribution in [0.2, 0.25) is 0 Å². The van der Waals surface area contributed by atoms with Crippen LogP contribution < -0.4 is 10.6 Å². The molecule has 1 aliphatic rings. The monoisotopic (exact) mass is 289 g/mol. The van der Waals surface area contributed by atoms with E-state index in [1.54, 1.807) is 0 Å². The molecule has 0 bridgehead atoms. The number of benzene rings is 1. The molecule has 2 rings (SSSR count). The van der Waals surface area contributed by atoms with E-state index < -0.39 is 5.54 Å². The van der Waals surface area contributed by atoms with Crippen molar-refractivity contribution in [2.45, 2.75) is 39.2 Å². The van der Waals surface area contributed by atoms with Gasteiger partial charge in [0.25, 0.3) is 0 Å². The molecule has 1 aromatic carbocycles. The summed E-state index contributed by atoms with van der Waals surface area (Å²) in [5, 5.41) is 6.46. The number of anilines is 1. The van der Waals surface area contributed by atoms with Crippen molar-refractivity contribution < 1.29 is 4.79 Å². The fourth-order valence-electron chi connectivity index (χ4n) is 2.77. The summed E-state index contributed by atoms with van der Waals surface area (Å²) in [6.07, 6.45) is 2.07. The van der Waals surface area contributed by atoms with Crippen LogP contribution in [0.15, 0.2) is 24.3 Å². The number of para-hydroxylation sites is 1. The first-order valence-electron chi connectivity index (χ1n) is 7.91. The number of hydrogen-bond acceptors (Lipinski definition) is 3. The Kier molecular flexibility index (Phi) is 5.37. The van der Waals surface area contributed by atoms with E-state index in [4.69, 9.17) is 0 Å². The van der Waals surface area contributed by atoms with Crippen LogP contribution >= 0.6 is 0 Å². The number of nitrogens with zero attached hydrogens (tertiary/aromatic N) is 1. The molecule has 1 amide bonds. The summed E-state index contributed by atoms with van der Waals surface area (Å²) < 4.78 is 0. The number of carbonyl (C=O) groups excluding carboxylic acids is 1. The van der Waals surface area contributed by atoms with Gasteiger partial charge in [-0.05, 0) is 31.9 Å². The van der Waals surface area contributed by atoms with Crippen LogP contribution in [0.1, 0.15) is 32.8 Å². The Labute approximate surface area is 127 Å². The Balaban J connectivity index is 2.09. The van der Waals surface area contributed by atoms with Crippen molar-refractivity contribution in [1.29, 1.82) is 0 Å². The van der Waals surface area contributed by atoms with E-state index in [2.05, 4.69) is 28.5 Å². The lowest BCUT2D eigenvalue weighted by molar-refractivity contribution is -0.126. The molecular weight excluding hydrogens is 262 g/mol. The van der Waals surface area contributed by atoms with E-state index in [1.165, 1.54) is 5.56 Å². The number of amides is 1. The van der Waals surface area contributed by atoms with Gasteiger partial charge in [0.05, 0.1) is 5.54 Å². The molecule has 0 atom stereocenters. The van der Waals surface area contributed by atoms with Crippen LogP contribution in [0.3, 0.4) is 0 Å². The summed E-state index contributed by atoms with van der Waals surface area (Å²) in [5.41, 5.74) is 1.68. The molecule has 4 nitrogen and oxygen atoms in total. The number of hydrogen-bond donors (Lipinski definition) is 2. The summed E-state index contributed by atoms with van der Waals surface area (Å²) >= 11 is 0. The van der Waals surface area contributed by atoms with Crippen molar-refractivity contribution in [2.75, 3.05) is 31.5 Å². The average molecular weight is 289 g/mol. The lowest BCUT2D eigenvalue weighted by Gasteiger charge is -2.39. The van der Waals surface area contributed by atoms with Crippen molar-refractivity contribution in [3.63, 3.8) is 0 Å². The largest absolute Gasteiger partial charge is 0.324 e. The molecule has 0 spiro atoms. The molecule has 4 heteroatoms. The second kappa shape index (κ2) is 7.05. The fraction of sp³-hybridized carbons (Fsp3) is 0.588. The highest BCUT2D eigenvalue weighted by Crippen LogP contribution is 2.21. The normalized spacial score (nSPS) is 16.7. The highest BCUT2D eigenvalue weighted by Gasteiger charge is 2.35. The van der Waals surface area contributed by atoms with Gasteiger partial charge in [-0.15, -0.1) is 0 Å². The zero-order valence-electron chi connectivity index (χ0n) is 13.4. The van der Waals surface area contributed by atoms with Crippen LogP contribution in [0.5, 0.6) is 0 Å². The van der Waals surface area contributed by atoms with Crippen LogP contribution in [-0.4, -0.2) is 42.5 Å². The summed E-state index contributed by atoms with van der Waals surface area (Å²) in [6.45, 7) is 9.90. The van der Waals surface area contributed by atoms with Gasteiger partial charge < -0.3 is 10.6 Å². The summed E-state index contributed by atoms with van der Waals surface area (Å²) in [5.74, 6) is 0.0768. The smallest absolute Gasteiger partial charge is 0.244 e. The number of aryl methyl sites for hydroxylation is 1. The number of carbonyl (C=O) groups is 1. The van der Waals surface area contributed by atoms with Gasteiger partial charge >= 0.3 is 0 Å². The van der Waals surface area contributed by atoms with Gasteiger partial charge in [0.1, 0.15) is 0 Å². The van der Waals surface area contributed by atoms with E-state index in [1.807, 2.05) is 32.0 Å². The molecule has 1 aromatic rings. The van der Waals surface area contributed by atoms with Crippen molar-refractivity contribution >= 4 is 11.6 Å². The van der Waals surface area contributed by atoms with Gasteiger partial charge in [-0.3, -0.25) is 9.69 Å². The number of nitrogens with one attached hydrogen (secondary N) is 2. The van der Waals surface area contributed by atoms with E-state index in [-0.39, 0.29) is 5.91 Å². The fourth-order valence-corrected chi connectivity index (χ4v) is 2.77. The predicted molar refractivity (Wildman–Crippen MR) is 87.6 cm³/mol. The first-order valence-corrected chi connectivity index (χ1v) is 7.91. The van der Waals surface area contributed by atoms with Gasteiger partial charge in [0, 0.05) is 31.9 Å². The first kappa shape index (κ1) is 16.0. The zero-order chi connectivity index (χ0) is 15.3. The Bertz CT molecular complexity index is 479. The van der Waals surface area contributed by atoms with Crippen molar-refractivity contribution in [3.8, 4) is 0 Å². The molecule has 0 aliphatic carbocycles. The summed E-state index contributed by atoms with van der Waals surface area (Å²) in [7, 11) is 0. The minimum absolute atomic E-state index is 0.0768. The second-order valence-electron chi connectivity index (χ2n) is 6.16. The third-order valence-electron chi connectivity index (χ3n) is 4.25. The summed E-state index contributed by atoms with van der Waals surface area (Å²) in [6, 6.07) is 8.10. The molecule has 0 radical (unpaired) electrons. The highest BCUT2D eigenvalue weighted by atomic mass is 16.2. The van der Waals surface area contributed by atoms with Crippen LogP contribution in [-0.2, 0) is 11.2 Å². The van der Waals surface area contributed by atoms with Crippen LogP contribution in [0.4, 0.5) is 5.69 Å². The number of piperazine rings is 1. The maximum absolute atomic E-state index is 12.7. The second-order valence-corrected chi connectivity index (χ2v) is 6.16. The highest BCUT2D eigenvalue weighted by molar-refractivity contribution is 5.98. The lowest BCUT2D eigenvalue weighted by atomic mass is 9.99. The van der Waals surface area contributed by atoms with Crippen molar-refractivity contribution in [1.82, 2.24) is 10.2 Å². The van der Waals surface area contributed by atoms with E-state index in [0.29, 0.717) is 0 Å².